The molecule has 1 heterocycles. The van der Waals surface area contributed by atoms with E-state index in [0.29, 0.717) is 20.0 Å². The van der Waals surface area contributed by atoms with E-state index in [4.69, 9.17) is 4.74 Å². The van der Waals surface area contributed by atoms with Crippen molar-refractivity contribution >= 4 is 60.0 Å². The van der Waals surface area contributed by atoms with Gasteiger partial charge in [0.2, 0.25) is 5.75 Å². The molecule has 24 heavy (non-hydrogen) atoms. The van der Waals surface area contributed by atoms with Gasteiger partial charge in [-0.2, -0.15) is 0 Å². The molecule has 7 nitrogen and oxygen atoms in total. The third kappa shape index (κ3) is 2.63. The van der Waals surface area contributed by atoms with E-state index in [9.17, 15) is 15.2 Å². The van der Waals surface area contributed by atoms with Crippen LogP contribution in [-0.4, -0.2) is 35.5 Å². The summed E-state index contributed by atoms with van der Waals surface area (Å²) in [5, 5.41) is 21.2. The van der Waals surface area contributed by atoms with Crippen LogP contribution in [0.3, 0.4) is 0 Å². The largest absolute Gasteiger partial charge is 0.414 e. The van der Waals surface area contributed by atoms with Gasteiger partial charge in [0.1, 0.15) is 0 Å². The summed E-state index contributed by atoms with van der Waals surface area (Å²) < 4.78 is 8.51. The van der Waals surface area contributed by atoms with Crippen molar-refractivity contribution in [2.45, 2.75) is 0 Å². The molecule has 2 N–H and O–H groups in total. The van der Waals surface area contributed by atoms with Crippen molar-refractivity contribution in [2.24, 2.45) is 0 Å². The molecule has 0 aliphatic carbocycles. The van der Waals surface area contributed by atoms with Gasteiger partial charge in [-0.3, -0.25) is 10.4 Å². The first-order chi connectivity index (χ1) is 11.3. The maximum absolute atomic E-state index is 11.8. The molecule has 9 heteroatoms. The van der Waals surface area contributed by atoms with Gasteiger partial charge in [-0.15, -0.1) is 0 Å². The quantitative estimate of drug-likeness (QED) is 0.334. The molecule has 0 unspecified atom stereocenters. The topological polar surface area (TPSA) is 77.8 Å². The molecule has 3 rings (SSSR count). The van der Waals surface area contributed by atoms with Gasteiger partial charge in [-0.25, -0.2) is 4.79 Å². The maximum atomic E-state index is 11.8. The van der Waals surface area contributed by atoms with E-state index >= 15 is 0 Å². The van der Waals surface area contributed by atoms with Crippen molar-refractivity contribution in [1.82, 2.24) is 4.90 Å². The molecule has 1 aromatic heterocycles. The average molecular weight is 459 g/mol. The van der Waals surface area contributed by atoms with Crippen LogP contribution in [0, 0.1) is 0 Å². The number of para-hydroxylation sites is 1. The Morgan fingerprint density at radius 3 is 2.21 bits per heavy atom. The second-order valence-electron chi connectivity index (χ2n) is 5.26. The summed E-state index contributed by atoms with van der Waals surface area (Å²) in [4.78, 5) is 13.1. The zero-order valence-electron chi connectivity index (χ0n) is 12.7. The lowest BCUT2D eigenvalue weighted by Gasteiger charge is -2.10. The first-order valence-electron chi connectivity index (χ1n) is 6.80. The van der Waals surface area contributed by atoms with Gasteiger partial charge in [0, 0.05) is 50.7 Å². The van der Waals surface area contributed by atoms with Crippen LogP contribution in [0.25, 0.3) is 22.1 Å². The van der Waals surface area contributed by atoms with Crippen molar-refractivity contribution < 1.29 is 29.4 Å². The SMILES string of the molecule is CN(C)C(=O)Oc1cccc2c1[n+](O)c1cc(Br)c(Br)cc1[n+]2O. The number of aromatic nitrogens is 2. The van der Waals surface area contributed by atoms with Crippen LogP contribution in [-0.2, 0) is 0 Å². The fraction of sp³-hybridized carbons (Fsp3) is 0.133. The van der Waals surface area contributed by atoms with Gasteiger partial charge >= 0.3 is 28.2 Å². The molecule has 0 radical (unpaired) electrons. The minimum atomic E-state index is -0.593. The van der Waals surface area contributed by atoms with Crippen LogP contribution < -0.4 is 14.2 Å². The van der Waals surface area contributed by atoms with Crippen molar-refractivity contribution in [3.05, 3.63) is 39.3 Å². The van der Waals surface area contributed by atoms with Gasteiger partial charge in [-0.05, 0) is 37.9 Å². The Morgan fingerprint density at radius 2 is 1.62 bits per heavy atom. The fourth-order valence-electron chi connectivity index (χ4n) is 2.28. The van der Waals surface area contributed by atoms with Crippen molar-refractivity contribution in [1.29, 1.82) is 0 Å². The molecular weight excluding hydrogens is 446 g/mol. The number of carbonyl (C=O) groups excluding carboxylic acids is 1. The molecule has 0 fully saturated rings. The predicted molar refractivity (Wildman–Crippen MR) is 91.3 cm³/mol. The monoisotopic (exact) mass is 457 g/mol. The second-order valence-corrected chi connectivity index (χ2v) is 6.97. The van der Waals surface area contributed by atoms with Gasteiger partial charge in [0.05, 0.1) is 0 Å². The van der Waals surface area contributed by atoms with Gasteiger partial charge in [0.15, 0.2) is 0 Å². The highest BCUT2D eigenvalue weighted by atomic mass is 79.9. The Balaban J connectivity index is 2.38. The Labute approximate surface area is 153 Å². The van der Waals surface area contributed by atoms with E-state index < -0.39 is 6.09 Å². The first kappa shape index (κ1) is 16.7. The summed E-state index contributed by atoms with van der Waals surface area (Å²) in [5.74, 6) is 0.123. The van der Waals surface area contributed by atoms with Gasteiger partial charge in [0.25, 0.3) is 0 Å². The lowest BCUT2D eigenvalue weighted by Crippen LogP contribution is -2.43. The van der Waals surface area contributed by atoms with Crippen LogP contribution in [0.1, 0.15) is 0 Å². The predicted octanol–water partition coefficient (Wildman–Crippen LogP) is 2.63. The van der Waals surface area contributed by atoms with Crippen LogP contribution >= 0.6 is 31.9 Å². The lowest BCUT2D eigenvalue weighted by molar-refractivity contribution is -0.894. The maximum Gasteiger partial charge on any atom is 0.414 e. The second kappa shape index (κ2) is 6.06. The normalized spacial score (nSPS) is 11.0. The molecule has 0 spiro atoms. The molecule has 124 valence electrons. The van der Waals surface area contributed by atoms with E-state index in [1.165, 1.54) is 11.0 Å². The minimum absolute atomic E-state index is 0.123. The molecular formula is C15H13Br2N3O4+2. The molecule has 2 aromatic carbocycles. The standard InChI is InChI=1S/C15H13Br2N3O4/c1-18(2)15(21)24-13-5-3-4-10-14(13)20(23)12-7-9(17)8(16)6-11(12)19(10)22/h3-7,22-23H,1-2H3/q+2. The van der Waals surface area contributed by atoms with Crippen molar-refractivity contribution in [3.8, 4) is 5.75 Å². The highest BCUT2D eigenvalue weighted by Crippen LogP contribution is 2.28. The average Bonchev–Trinajstić information content (AvgIpc) is 2.54. The lowest BCUT2D eigenvalue weighted by atomic mass is 10.2. The molecule has 0 saturated heterocycles. The number of nitrogens with zero attached hydrogens (tertiary/aromatic N) is 3. The summed E-state index contributed by atoms with van der Waals surface area (Å²) in [6.07, 6.45) is -0.593. The van der Waals surface area contributed by atoms with Crippen LogP contribution in [0.15, 0.2) is 39.3 Å². The molecule has 0 aliphatic heterocycles. The van der Waals surface area contributed by atoms with Crippen LogP contribution in [0.2, 0.25) is 0 Å². The highest BCUT2D eigenvalue weighted by molar-refractivity contribution is 9.13. The Morgan fingerprint density at radius 1 is 1.04 bits per heavy atom. The summed E-state index contributed by atoms with van der Waals surface area (Å²) in [6.45, 7) is 0. The van der Waals surface area contributed by atoms with Crippen LogP contribution in [0.4, 0.5) is 4.79 Å². The summed E-state index contributed by atoms with van der Waals surface area (Å²) in [5.41, 5.74) is 1.14. The molecule has 0 saturated carbocycles. The number of fused-ring (bicyclic) bond motifs is 2. The fourth-order valence-corrected chi connectivity index (χ4v) is 2.94. The zero-order chi connectivity index (χ0) is 17.6. The zero-order valence-corrected chi connectivity index (χ0v) is 15.9. The highest BCUT2D eigenvalue weighted by Gasteiger charge is 2.33. The number of ether oxygens (including phenoxy) is 1. The third-order valence-corrected chi connectivity index (χ3v) is 5.30. The van der Waals surface area contributed by atoms with E-state index in [0.717, 1.165) is 9.46 Å². The molecule has 0 atom stereocenters. The number of benzene rings is 2. The van der Waals surface area contributed by atoms with E-state index in [-0.39, 0.29) is 16.8 Å². The summed E-state index contributed by atoms with van der Waals surface area (Å²) in [7, 11) is 3.10. The summed E-state index contributed by atoms with van der Waals surface area (Å²) in [6, 6.07) is 8.05. The van der Waals surface area contributed by atoms with Crippen molar-refractivity contribution in [3.63, 3.8) is 0 Å². The number of hydrogen-bond acceptors (Lipinski definition) is 4. The molecule has 0 bridgehead atoms. The first-order valence-corrected chi connectivity index (χ1v) is 8.39. The van der Waals surface area contributed by atoms with E-state index in [2.05, 4.69) is 31.9 Å². The van der Waals surface area contributed by atoms with E-state index in [1.54, 1.807) is 38.4 Å². The van der Waals surface area contributed by atoms with Gasteiger partial charge < -0.3 is 9.64 Å². The number of amides is 1. The van der Waals surface area contributed by atoms with Crippen molar-refractivity contribution in [2.75, 3.05) is 14.1 Å². The Hall–Kier alpha value is -2.13. The van der Waals surface area contributed by atoms with Gasteiger partial charge in [-0.1, -0.05) is 6.07 Å². The number of hydrogen-bond donors (Lipinski definition) is 2. The third-order valence-electron chi connectivity index (χ3n) is 3.45. The Kier molecular flexibility index (Phi) is 4.22. The molecule has 0 aliphatic rings. The van der Waals surface area contributed by atoms with Crippen LogP contribution in [0.5, 0.6) is 5.75 Å². The number of halogens is 2. The van der Waals surface area contributed by atoms with E-state index in [1.807, 2.05) is 0 Å². The molecule has 3 aromatic rings. The number of carbonyl (C=O) groups is 1. The minimum Gasteiger partial charge on any atom is -0.403 e. The summed E-state index contributed by atoms with van der Waals surface area (Å²) >= 11 is 6.73. The number of rotatable bonds is 1. The molecule has 1 amide bonds. The smallest absolute Gasteiger partial charge is 0.403 e. The Bertz CT molecular complexity index is 992.